The van der Waals surface area contributed by atoms with E-state index in [1.54, 1.807) is 39.2 Å². The summed E-state index contributed by atoms with van der Waals surface area (Å²) in [5, 5.41) is 11.5. The molecule has 1 amide bonds. The number of nitrogens with zero attached hydrogens (tertiary/aromatic N) is 1. The highest BCUT2D eigenvalue weighted by atomic mass is 16.6. The molecule has 6 nitrogen and oxygen atoms in total. The summed E-state index contributed by atoms with van der Waals surface area (Å²) in [6.07, 6.45) is 3.66. The molecule has 0 aliphatic rings. The molecule has 1 atom stereocenters. The molecule has 1 aromatic rings. The van der Waals surface area contributed by atoms with E-state index in [-0.39, 0.29) is 12.5 Å². The number of carboxylic acids is 1. The number of rotatable bonds is 6. The van der Waals surface area contributed by atoms with E-state index in [2.05, 4.69) is 10.3 Å². The Morgan fingerprint density at radius 2 is 2.14 bits per heavy atom. The van der Waals surface area contributed by atoms with Crippen molar-refractivity contribution in [2.75, 3.05) is 0 Å². The molecule has 0 radical (unpaired) electrons. The molecule has 6 heteroatoms. The van der Waals surface area contributed by atoms with Crippen molar-refractivity contribution in [2.24, 2.45) is 0 Å². The molecule has 0 aliphatic heterocycles. The van der Waals surface area contributed by atoms with Gasteiger partial charge in [-0.05, 0) is 45.2 Å². The lowest BCUT2D eigenvalue weighted by molar-refractivity contribution is -0.137. The van der Waals surface area contributed by atoms with Gasteiger partial charge in [0.1, 0.15) is 5.60 Å². The molecule has 0 saturated heterocycles. The Morgan fingerprint density at radius 3 is 2.67 bits per heavy atom. The van der Waals surface area contributed by atoms with Crippen molar-refractivity contribution in [3.63, 3.8) is 0 Å². The second-order valence-corrected chi connectivity index (χ2v) is 5.84. The molecule has 0 aromatic carbocycles. The molecule has 1 rings (SSSR count). The summed E-state index contributed by atoms with van der Waals surface area (Å²) in [6, 6.07) is 3.38. The van der Waals surface area contributed by atoms with Crippen LogP contribution in [0.5, 0.6) is 0 Å². The van der Waals surface area contributed by atoms with Crippen LogP contribution in [-0.4, -0.2) is 33.8 Å². The van der Waals surface area contributed by atoms with Crippen molar-refractivity contribution in [3.05, 3.63) is 30.1 Å². The molecule has 21 heavy (non-hydrogen) atoms. The van der Waals surface area contributed by atoms with E-state index in [1.807, 2.05) is 6.07 Å². The number of aliphatic carboxylic acids is 1. The highest BCUT2D eigenvalue weighted by Gasteiger charge is 2.20. The summed E-state index contributed by atoms with van der Waals surface area (Å²) in [4.78, 5) is 26.5. The smallest absolute Gasteiger partial charge is 0.407 e. The fraction of sp³-hybridized carbons (Fsp3) is 0.533. The van der Waals surface area contributed by atoms with Gasteiger partial charge in [-0.3, -0.25) is 9.78 Å². The predicted octanol–water partition coefficient (Wildman–Crippen LogP) is 2.38. The SMILES string of the molecule is CC(C)(C)OC(=O)NC(CCC(=O)O)Cc1cccnc1. The van der Waals surface area contributed by atoms with Crippen molar-refractivity contribution in [1.82, 2.24) is 10.3 Å². The largest absolute Gasteiger partial charge is 0.481 e. The van der Waals surface area contributed by atoms with Gasteiger partial charge in [-0.1, -0.05) is 6.07 Å². The number of nitrogens with one attached hydrogen (secondary N) is 1. The number of pyridine rings is 1. The normalized spacial score (nSPS) is 12.5. The van der Waals surface area contributed by atoms with E-state index < -0.39 is 17.7 Å². The molecule has 1 heterocycles. The fourth-order valence-electron chi connectivity index (χ4n) is 1.80. The minimum absolute atomic E-state index is 0.0132. The molecular weight excluding hydrogens is 272 g/mol. The monoisotopic (exact) mass is 294 g/mol. The number of alkyl carbamates (subject to hydrolysis) is 1. The molecule has 116 valence electrons. The summed E-state index contributed by atoms with van der Waals surface area (Å²) < 4.78 is 5.20. The number of carbonyl (C=O) groups excluding carboxylic acids is 1. The predicted molar refractivity (Wildman–Crippen MR) is 78.0 cm³/mol. The quantitative estimate of drug-likeness (QED) is 0.841. The summed E-state index contributed by atoms with van der Waals surface area (Å²) in [6.45, 7) is 5.33. The summed E-state index contributed by atoms with van der Waals surface area (Å²) in [5.41, 5.74) is 0.347. The first-order valence-corrected chi connectivity index (χ1v) is 6.86. The lowest BCUT2D eigenvalue weighted by Gasteiger charge is -2.23. The zero-order chi connectivity index (χ0) is 15.9. The molecule has 0 saturated carbocycles. The first-order chi connectivity index (χ1) is 9.76. The van der Waals surface area contributed by atoms with Crippen LogP contribution >= 0.6 is 0 Å². The summed E-state index contributed by atoms with van der Waals surface area (Å²) in [5.74, 6) is -0.892. The number of hydrogen-bond acceptors (Lipinski definition) is 4. The second kappa shape index (κ2) is 7.61. The van der Waals surface area contributed by atoms with E-state index in [9.17, 15) is 9.59 Å². The van der Waals surface area contributed by atoms with E-state index in [0.29, 0.717) is 12.8 Å². The van der Waals surface area contributed by atoms with Gasteiger partial charge in [-0.15, -0.1) is 0 Å². The number of carbonyl (C=O) groups is 2. The van der Waals surface area contributed by atoms with E-state index >= 15 is 0 Å². The maximum absolute atomic E-state index is 11.8. The van der Waals surface area contributed by atoms with Crippen LogP contribution in [0, 0.1) is 0 Å². The Balaban J connectivity index is 2.63. The Bertz CT molecular complexity index is 468. The van der Waals surface area contributed by atoms with Gasteiger partial charge in [-0.25, -0.2) is 4.79 Å². The van der Waals surface area contributed by atoms with Crippen molar-refractivity contribution in [2.45, 2.75) is 51.7 Å². The van der Waals surface area contributed by atoms with Crippen LogP contribution in [0.4, 0.5) is 4.79 Å². The summed E-state index contributed by atoms with van der Waals surface area (Å²) >= 11 is 0. The molecule has 0 fully saturated rings. The van der Waals surface area contributed by atoms with E-state index in [1.165, 1.54) is 0 Å². The molecule has 1 unspecified atom stereocenters. The Morgan fingerprint density at radius 1 is 1.43 bits per heavy atom. The molecule has 1 aromatic heterocycles. The number of ether oxygens (including phenoxy) is 1. The molecule has 0 spiro atoms. The fourth-order valence-corrected chi connectivity index (χ4v) is 1.80. The van der Waals surface area contributed by atoms with Gasteiger partial charge < -0.3 is 15.2 Å². The van der Waals surface area contributed by atoms with Gasteiger partial charge in [-0.2, -0.15) is 0 Å². The number of carboxylic acid groups (broad SMARTS) is 1. The van der Waals surface area contributed by atoms with Crippen LogP contribution < -0.4 is 5.32 Å². The first-order valence-electron chi connectivity index (χ1n) is 6.86. The maximum Gasteiger partial charge on any atom is 0.407 e. The third-order valence-corrected chi connectivity index (χ3v) is 2.63. The Labute approximate surface area is 124 Å². The van der Waals surface area contributed by atoms with Gasteiger partial charge in [0.05, 0.1) is 0 Å². The molecular formula is C15H22N2O4. The topological polar surface area (TPSA) is 88.5 Å². The molecule has 0 bridgehead atoms. The number of hydrogen-bond donors (Lipinski definition) is 2. The lowest BCUT2D eigenvalue weighted by Crippen LogP contribution is -2.40. The average Bonchev–Trinajstić information content (AvgIpc) is 2.34. The van der Waals surface area contributed by atoms with Crippen LogP contribution in [0.15, 0.2) is 24.5 Å². The van der Waals surface area contributed by atoms with Crippen LogP contribution in [0.1, 0.15) is 39.2 Å². The van der Waals surface area contributed by atoms with Crippen molar-refractivity contribution in [1.29, 1.82) is 0 Å². The van der Waals surface area contributed by atoms with E-state index in [4.69, 9.17) is 9.84 Å². The zero-order valence-electron chi connectivity index (χ0n) is 12.6. The second-order valence-electron chi connectivity index (χ2n) is 5.84. The highest BCUT2D eigenvalue weighted by molar-refractivity contribution is 5.69. The van der Waals surface area contributed by atoms with Crippen molar-refractivity contribution < 1.29 is 19.4 Å². The van der Waals surface area contributed by atoms with E-state index in [0.717, 1.165) is 5.56 Å². The third-order valence-electron chi connectivity index (χ3n) is 2.63. The zero-order valence-corrected chi connectivity index (χ0v) is 12.6. The average molecular weight is 294 g/mol. The van der Waals surface area contributed by atoms with Gasteiger partial charge in [0.15, 0.2) is 0 Å². The van der Waals surface area contributed by atoms with Crippen molar-refractivity contribution >= 4 is 12.1 Å². The van der Waals surface area contributed by atoms with Gasteiger partial charge in [0.2, 0.25) is 0 Å². The molecule has 2 N–H and O–H groups in total. The first kappa shape index (κ1) is 16.9. The van der Waals surface area contributed by atoms with Gasteiger partial charge in [0.25, 0.3) is 0 Å². The maximum atomic E-state index is 11.8. The van der Waals surface area contributed by atoms with Crippen LogP contribution in [-0.2, 0) is 16.0 Å². The number of aromatic nitrogens is 1. The van der Waals surface area contributed by atoms with Gasteiger partial charge in [0, 0.05) is 24.9 Å². The lowest BCUT2D eigenvalue weighted by atomic mass is 10.0. The Kier molecular flexibility index (Phi) is 6.14. The van der Waals surface area contributed by atoms with Crippen LogP contribution in [0.2, 0.25) is 0 Å². The third kappa shape index (κ3) is 7.91. The summed E-state index contributed by atoms with van der Waals surface area (Å²) in [7, 11) is 0. The van der Waals surface area contributed by atoms with Crippen LogP contribution in [0.25, 0.3) is 0 Å². The standard InChI is InChI=1S/C15H22N2O4/c1-15(2,3)21-14(20)17-12(6-7-13(18)19)9-11-5-4-8-16-10-11/h4-5,8,10,12H,6-7,9H2,1-3H3,(H,17,20)(H,18,19). The highest BCUT2D eigenvalue weighted by Crippen LogP contribution is 2.10. The van der Waals surface area contributed by atoms with Crippen LogP contribution in [0.3, 0.4) is 0 Å². The minimum Gasteiger partial charge on any atom is -0.481 e. The molecule has 0 aliphatic carbocycles. The minimum atomic E-state index is -0.892. The Hall–Kier alpha value is -2.11. The van der Waals surface area contributed by atoms with Gasteiger partial charge >= 0.3 is 12.1 Å². The number of amides is 1. The van der Waals surface area contributed by atoms with Crippen molar-refractivity contribution in [3.8, 4) is 0 Å².